The molecule has 4 heteroatoms. The maximum Gasteiger partial charge on any atom is 0.165 e. The van der Waals surface area contributed by atoms with Gasteiger partial charge >= 0.3 is 0 Å². The lowest BCUT2D eigenvalue weighted by atomic mass is 10.00. The van der Waals surface area contributed by atoms with Gasteiger partial charge in [-0.25, -0.2) is 0 Å². The molecule has 0 heterocycles. The van der Waals surface area contributed by atoms with Crippen LogP contribution in [0, 0.1) is 18.3 Å². The van der Waals surface area contributed by atoms with Crippen LogP contribution in [-0.2, 0) is 13.0 Å². The van der Waals surface area contributed by atoms with Gasteiger partial charge in [0.05, 0.1) is 18.2 Å². The first kappa shape index (κ1) is 23.2. The summed E-state index contributed by atoms with van der Waals surface area (Å²) in [4.78, 5) is 0. The lowest BCUT2D eigenvalue weighted by Crippen LogP contribution is -2.03. The van der Waals surface area contributed by atoms with Gasteiger partial charge in [-0.1, -0.05) is 59.6 Å². The molecule has 0 spiro atoms. The molecule has 162 valence electrons. The van der Waals surface area contributed by atoms with Crippen LogP contribution in [0.25, 0.3) is 11.6 Å². The maximum absolute atomic E-state index is 9.74. The third-order valence-corrected chi connectivity index (χ3v) is 5.16. The van der Waals surface area contributed by atoms with E-state index in [9.17, 15) is 5.26 Å². The summed E-state index contributed by atoms with van der Waals surface area (Å²) in [6.07, 6.45) is 4.33. The van der Waals surface area contributed by atoms with Crippen molar-refractivity contribution in [3.63, 3.8) is 0 Å². The second-order valence-corrected chi connectivity index (χ2v) is 7.82. The minimum absolute atomic E-state index is 0.392. The quantitative estimate of drug-likeness (QED) is 0.196. The third-order valence-electron chi connectivity index (χ3n) is 4.91. The van der Waals surface area contributed by atoms with E-state index < -0.39 is 0 Å². The Kier molecular flexibility index (Phi) is 8.14. The molecule has 0 amide bonds. The Morgan fingerprint density at radius 3 is 2.41 bits per heavy atom. The summed E-state index contributed by atoms with van der Waals surface area (Å²) >= 11 is 5.98. The van der Waals surface area contributed by atoms with Crippen molar-refractivity contribution < 1.29 is 9.47 Å². The fourth-order valence-corrected chi connectivity index (χ4v) is 3.44. The molecule has 3 nitrogen and oxygen atoms in total. The number of nitrogens with zero attached hydrogens (tertiary/aromatic N) is 1. The van der Waals surface area contributed by atoms with Gasteiger partial charge in [0.25, 0.3) is 0 Å². The fraction of sp³-hybridized carbons (Fsp3) is 0.179. The zero-order valence-corrected chi connectivity index (χ0v) is 19.2. The number of hydrogen-bond donors (Lipinski definition) is 0. The van der Waals surface area contributed by atoms with Gasteiger partial charge in [0.15, 0.2) is 11.5 Å². The molecular weight excluding hydrogens is 418 g/mol. The molecule has 3 aromatic rings. The first-order valence-corrected chi connectivity index (χ1v) is 10.9. The second kappa shape index (κ2) is 11.2. The van der Waals surface area contributed by atoms with Crippen LogP contribution in [0.1, 0.15) is 34.7 Å². The van der Waals surface area contributed by atoms with Gasteiger partial charge in [-0.3, -0.25) is 0 Å². The molecule has 3 aromatic carbocycles. The van der Waals surface area contributed by atoms with E-state index in [1.54, 1.807) is 0 Å². The molecule has 0 saturated heterocycles. The summed E-state index contributed by atoms with van der Waals surface area (Å²) in [5, 5.41) is 10.4. The number of hydrogen-bond acceptors (Lipinski definition) is 3. The first-order valence-electron chi connectivity index (χ1n) is 10.5. The topological polar surface area (TPSA) is 42.2 Å². The highest BCUT2D eigenvalue weighted by molar-refractivity contribution is 6.30. The Balaban J connectivity index is 1.99. The molecular formula is C28H26ClNO2. The average Bonchev–Trinajstić information content (AvgIpc) is 2.79. The van der Waals surface area contributed by atoms with E-state index in [2.05, 4.69) is 12.6 Å². The van der Waals surface area contributed by atoms with Crippen LogP contribution >= 0.6 is 11.6 Å². The first-order chi connectivity index (χ1) is 15.5. The van der Waals surface area contributed by atoms with E-state index in [4.69, 9.17) is 21.1 Å². The van der Waals surface area contributed by atoms with E-state index in [1.807, 2.05) is 86.7 Å². The number of halogens is 1. The van der Waals surface area contributed by atoms with Crippen LogP contribution in [0.5, 0.6) is 11.5 Å². The van der Waals surface area contributed by atoms with Crippen LogP contribution in [0.2, 0.25) is 5.02 Å². The highest BCUT2D eigenvalue weighted by Gasteiger charge is 2.14. The van der Waals surface area contributed by atoms with Crippen LogP contribution < -0.4 is 9.47 Å². The minimum atomic E-state index is 0.392. The Morgan fingerprint density at radius 2 is 1.78 bits per heavy atom. The van der Waals surface area contributed by atoms with Gasteiger partial charge in [-0.15, -0.1) is 6.58 Å². The van der Waals surface area contributed by atoms with Gasteiger partial charge < -0.3 is 9.47 Å². The van der Waals surface area contributed by atoms with E-state index in [1.165, 1.54) is 0 Å². The molecule has 0 aromatic heterocycles. The lowest BCUT2D eigenvalue weighted by Gasteiger charge is -2.17. The van der Waals surface area contributed by atoms with Crippen molar-refractivity contribution in [1.29, 1.82) is 5.26 Å². The van der Waals surface area contributed by atoms with Crippen molar-refractivity contribution >= 4 is 23.3 Å². The van der Waals surface area contributed by atoms with Crippen LogP contribution in [0.3, 0.4) is 0 Å². The minimum Gasteiger partial charge on any atom is -0.490 e. The molecule has 32 heavy (non-hydrogen) atoms. The molecule has 3 rings (SSSR count). The molecule has 0 saturated carbocycles. The lowest BCUT2D eigenvalue weighted by molar-refractivity contribution is 0.267. The molecule has 0 unspecified atom stereocenters. The van der Waals surface area contributed by atoms with Crippen molar-refractivity contribution in [3.8, 4) is 17.6 Å². The van der Waals surface area contributed by atoms with Crippen molar-refractivity contribution in [1.82, 2.24) is 0 Å². The number of rotatable bonds is 9. The predicted molar refractivity (Wildman–Crippen MR) is 132 cm³/mol. The van der Waals surface area contributed by atoms with Gasteiger partial charge in [-0.2, -0.15) is 5.26 Å². The Labute approximate surface area is 195 Å². The van der Waals surface area contributed by atoms with Crippen molar-refractivity contribution in [2.45, 2.75) is 26.9 Å². The average molecular weight is 444 g/mol. The Morgan fingerprint density at radius 1 is 1.06 bits per heavy atom. The molecule has 0 fully saturated rings. The summed E-state index contributed by atoms with van der Waals surface area (Å²) in [5.41, 5.74) is 5.46. The summed E-state index contributed by atoms with van der Waals surface area (Å²) in [6, 6.07) is 21.7. The molecule has 0 radical (unpaired) electrons. The van der Waals surface area contributed by atoms with Crippen LogP contribution in [0.4, 0.5) is 0 Å². The highest BCUT2D eigenvalue weighted by Crippen LogP contribution is 2.36. The van der Waals surface area contributed by atoms with E-state index in [-0.39, 0.29) is 0 Å². The van der Waals surface area contributed by atoms with Crippen LogP contribution in [-0.4, -0.2) is 6.61 Å². The summed E-state index contributed by atoms with van der Waals surface area (Å²) in [7, 11) is 0. The summed E-state index contributed by atoms with van der Waals surface area (Å²) in [5.74, 6) is 1.33. The fourth-order valence-electron chi connectivity index (χ4n) is 3.32. The molecule has 0 atom stereocenters. The van der Waals surface area contributed by atoms with Gasteiger partial charge in [0.2, 0.25) is 0 Å². The second-order valence-electron chi connectivity index (χ2n) is 7.38. The number of ether oxygens (including phenoxy) is 2. The molecule has 0 aliphatic heterocycles. The smallest absolute Gasteiger partial charge is 0.165 e. The van der Waals surface area contributed by atoms with Crippen LogP contribution in [0.15, 0.2) is 73.3 Å². The van der Waals surface area contributed by atoms with E-state index in [0.717, 1.165) is 27.8 Å². The van der Waals surface area contributed by atoms with Gasteiger partial charge in [-0.05, 0) is 67.3 Å². The molecule has 0 bridgehead atoms. The highest BCUT2D eigenvalue weighted by atomic mass is 35.5. The van der Waals surface area contributed by atoms with Gasteiger partial charge in [0.1, 0.15) is 6.61 Å². The number of benzene rings is 3. The zero-order valence-electron chi connectivity index (χ0n) is 18.4. The Hall–Kier alpha value is -3.48. The standard InChI is InChI=1S/C28H26ClNO2/c1-4-6-24-15-22(16-25(18-30)23-11-7-20(3)8-12-23)17-27(31-5-2)28(24)32-19-21-9-13-26(29)14-10-21/h4,7-17H,1,5-6,19H2,2-3H3/b25-16+. The molecule has 0 aliphatic carbocycles. The zero-order chi connectivity index (χ0) is 22.9. The van der Waals surface area contributed by atoms with Gasteiger partial charge in [0, 0.05) is 10.6 Å². The SMILES string of the molecule is C=CCc1cc(/C=C(\C#N)c2ccc(C)cc2)cc(OCC)c1OCc1ccc(Cl)cc1. The monoisotopic (exact) mass is 443 g/mol. The van der Waals surface area contributed by atoms with Crippen molar-refractivity contribution in [3.05, 3.63) is 106 Å². The van der Waals surface area contributed by atoms with E-state index >= 15 is 0 Å². The predicted octanol–water partition coefficient (Wildman–Crippen LogP) is 7.42. The normalized spacial score (nSPS) is 11.0. The molecule has 0 N–H and O–H groups in total. The maximum atomic E-state index is 9.74. The third kappa shape index (κ3) is 6.03. The van der Waals surface area contributed by atoms with E-state index in [0.29, 0.717) is 41.7 Å². The van der Waals surface area contributed by atoms with Crippen molar-refractivity contribution in [2.24, 2.45) is 0 Å². The summed E-state index contributed by atoms with van der Waals surface area (Å²) < 4.78 is 12.1. The largest absolute Gasteiger partial charge is 0.490 e. The summed E-state index contributed by atoms with van der Waals surface area (Å²) in [6.45, 7) is 8.74. The Bertz CT molecular complexity index is 1140. The number of nitriles is 1. The number of allylic oxidation sites excluding steroid dienone is 2. The molecule has 0 aliphatic rings. The van der Waals surface area contributed by atoms with Crippen molar-refractivity contribution in [2.75, 3.05) is 6.61 Å². The number of aryl methyl sites for hydroxylation is 1.